The van der Waals surface area contributed by atoms with Gasteiger partial charge >= 0.3 is 5.69 Å². The minimum atomic E-state index is -3.92. The molecular weight excluding hydrogens is 468 g/mol. The number of H-pyrrole nitrogens is 1. The first-order valence-corrected chi connectivity index (χ1v) is 12.5. The molecule has 2 aliphatic rings. The predicted molar refractivity (Wildman–Crippen MR) is 120 cm³/mol. The van der Waals surface area contributed by atoms with Crippen molar-refractivity contribution in [2.45, 2.75) is 57.5 Å². The van der Waals surface area contributed by atoms with E-state index in [1.807, 2.05) is 31.2 Å². The highest BCUT2D eigenvalue weighted by Crippen LogP contribution is 2.46. The van der Waals surface area contributed by atoms with Gasteiger partial charge in [-0.25, -0.2) is 4.79 Å². The van der Waals surface area contributed by atoms with Gasteiger partial charge in [0.05, 0.1) is 6.26 Å². The number of aromatic amines is 1. The van der Waals surface area contributed by atoms with Gasteiger partial charge in [0.1, 0.15) is 37.3 Å². The lowest BCUT2D eigenvalue weighted by Gasteiger charge is -2.35. The van der Waals surface area contributed by atoms with Gasteiger partial charge in [-0.05, 0) is 39.8 Å². The monoisotopic (exact) mass is 496 g/mol. The average molecular weight is 497 g/mol. The second kappa shape index (κ2) is 8.61. The number of aryl methyl sites for hydroxylation is 2. The van der Waals surface area contributed by atoms with E-state index in [4.69, 9.17) is 23.1 Å². The van der Waals surface area contributed by atoms with Crippen LogP contribution >= 0.6 is 0 Å². The fourth-order valence-electron chi connectivity index (χ4n) is 4.17. The van der Waals surface area contributed by atoms with Crippen molar-refractivity contribution in [3.8, 4) is 5.75 Å². The molecule has 4 rings (SSSR count). The summed E-state index contributed by atoms with van der Waals surface area (Å²) in [7, 11) is -3.92. The molecule has 1 aromatic carbocycles. The molecule has 2 aromatic rings. The van der Waals surface area contributed by atoms with Crippen LogP contribution in [0.1, 0.15) is 25.0 Å². The van der Waals surface area contributed by atoms with Crippen molar-refractivity contribution in [3.63, 3.8) is 0 Å². The van der Waals surface area contributed by atoms with Crippen molar-refractivity contribution in [2.75, 3.05) is 19.5 Å². The van der Waals surface area contributed by atoms with Crippen molar-refractivity contribution in [1.29, 1.82) is 0 Å². The van der Waals surface area contributed by atoms with Crippen LogP contribution in [0, 0.1) is 13.8 Å². The van der Waals surface area contributed by atoms with E-state index in [0.29, 0.717) is 5.75 Å². The summed E-state index contributed by atoms with van der Waals surface area (Å²) in [6, 6.07) is 7.43. The van der Waals surface area contributed by atoms with Crippen LogP contribution in [0.5, 0.6) is 5.75 Å². The number of hydrogen-bond donors (Lipinski definition) is 1. The molecule has 0 saturated carbocycles. The summed E-state index contributed by atoms with van der Waals surface area (Å²) < 4.78 is 54.4. The van der Waals surface area contributed by atoms with E-state index >= 15 is 0 Å². The van der Waals surface area contributed by atoms with Crippen LogP contribution in [0.25, 0.3) is 0 Å². The molecule has 1 N–H and O–H groups in total. The highest BCUT2D eigenvalue weighted by molar-refractivity contribution is 7.85. The molecule has 34 heavy (non-hydrogen) atoms. The third kappa shape index (κ3) is 4.82. The van der Waals surface area contributed by atoms with Gasteiger partial charge in [0, 0.05) is 11.8 Å². The third-order valence-electron chi connectivity index (χ3n) is 5.74. The Morgan fingerprint density at radius 2 is 1.76 bits per heavy atom. The Bertz CT molecular complexity index is 1280. The Morgan fingerprint density at radius 1 is 1.09 bits per heavy atom. The van der Waals surface area contributed by atoms with Gasteiger partial charge in [-0.1, -0.05) is 17.7 Å². The summed E-state index contributed by atoms with van der Waals surface area (Å²) in [5.41, 5.74) is -1.84. The van der Waals surface area contributed by atoms with E-state index in [1.54, 1.807) is 13.8 Å². The highest BCUT2D eigenvalue weighted by atomic mass is 32.2. The number of hydrogen-bond acceptors (Lipinski definition) is 9. The van der Waals surface area contributed by atoms with Gasteiger partial charge < -0.3 is 18.9 Å². The first kappa shape index (κ1) is 24.6. The van der Waals surface area contributed by atoms with Gasteiger partial charge in [-0.2, -0.15) is 8.42 Å². The number of nitrogens with one attached hydrogen (secondary N) is 1. The Balaban J connectivity index is 1.76. The number of aromatic nitrogens is 2. The number of benzene rings is 1. The largest absolute Gasteiger partial charge is 0.491 e. The molecule has 4 atom stereocenters. The quantitative estimate of drug-likeness (QED) is 0.552. The second-order valence-electron chi connectivity index (χ2n) is 9.05. The molecule has 2 fully saturated rings. The van der Waals surface area contributed by atoms with Crippen LogP contribution in [0.2, 0.25) is 0 Å². The zero-order valence-electron chi connectivity index (χ0n) is 19.6. The number of rotatable bonds is 7. The van der Waals surface area contributed by atoms with Crippen molar-refractivity contribution in [1.82, 2.24) is 9.55 Å². The van der Waals surface area contributed by atoms with Gasteiger partial charge in [-0.3, -0.25) is 18.5 Å². The van der Waals surface area contributed by atoms with E-state index in [2.05, 4.69) is 4.98 Å². The minimum Gasteiger partial charge on any atom is -0.491 e. The fraction of sp³-hybridized carbons (Fsp3) is 0.545. The topological polar surface area (TPSA) is 135 Å². The predicted octanol–water partition coefficient (Wildman–Crippen LogP) is 0.780. The molecule has 0 bridgehead atoms. The lowest BCUT2D eigenvalue weighted by molar-refractivity contribution is -0.241. The SMILES string of the molecule is Cc1ccc(OC[C@H]2O[C@@](COS(C)(=O)=O)(n3cc(C)c(=O)[nH]c3=O)[C@@H]3OC(C)(C)O[C@@H]32)cc1. The minimum absolute atomic E-state index is 0.0291. The number of nitrogens with zero attached hydrogens (tertiary/aromatic N) is 1. The average Bonchev–Trinajstić information content (AvgIpc) is 3.20. The van der Waals surface area contributed by atoms with Crippen LogP contribution in [0.15, 0.2) is 40.1 Å². The Morgan fingerprint density at radius 3 is 2.41 bits per heavy atom. The summed E-state index contributed by atoms with van der Waals surface area (Å²) in [6.45, 7) is 6.32. The van der Waals surface area contributed by atoms with Crippen LogP contribution in [0.3, 0.4) is 0 Å². The van der Waals surface area contributed by atoms with E-state index in [1.165, 1.54) is 13.1 Å². The molecule has 12 heteroatoms. The lowest BCUT2D eigenvalue weighted by Crippen LogP contribution is -2.55. The van der Waals surface area contributed by atoms with Crippen LogP contribution in [-0.4, -0.2) is 61.5 Å². The standard InChI is InChI=1S/C22H28N2O9S/c1-13-6-8-15(9-7-13)29-11-16-17-18(33-21(3,4)32-17)22(31-16,12-30-34(5,27)28)24-10-14(2)19(25)23-20(24)26/h6-10,16-18H,11-12H2,1-5H3,(H,23,25,26)/t16-,17-,18-,22-/m1/s1. The first-order valence-electron chi connectivity index (χ1n) is 10.7. The molecule has 186 valence electrons. The molecule has 2 saturated heterocycles. The molecule has 11 nitrogen and oxygen atoms in total. The maximum absolute atomic E-state index is 12.9. The molecular formula is C22H28N2O9S. The van der Waals surface area contributed by atoms with Gasteiger partial charge in [-0.15, -0.1) is 0 Å². The lowest BCUT2D eigenvalue weighted by atomic mass is 10.0. The maximum atomic E-state index is 12.9. The summed E-state index contributed by atoms with van der Waals surface area (Å²) in [5, 5.41) is 0. The highest BCUT2D eigenvalue weighted by Gasteiger charge is 2.65. The molecule has 0 spiro atoms. The second-order valence-corrected chi connectivity index (χ2v) is 10.7. The van der Waals surface area contributed by atoms with Gasteiger partial charge in [0.25, 0.3) is 15.7 Å². The fourth-order valence-corrected chi connectivity index (χ4v) is 4.55. The maximum Gasteiger partial charge on any atom is 0.330 e. The van der Waals surface area contributed by atoms with Crippen LogP contribution < -0.4 is 16.0 Å². The smallest absolute Gasteiger partial charge is 0.330 e. The number of fused-ring (bicyclic) bond motifs is 1. The Kier molecular flexibility index (Phi) is 6.23. The van der Waals surface area contributed by atoms with E-state index < -0.39 is 57.8 Å². The molecule has 2 aliphatic heterocycles. The van der Waals surface area contributed by atoms with Gasteiger partial charge in [0.15, 0.2) is 5.79 Å². The Hall–Kier alpha value is -2.51. The third-order valence-corrected chi connectivity index (χ3v) is 6.28. The zero-order valence-corrected chi connectivity index (χ0v) is 20.4. The van der Waals surface area contributed by atoms with Crippen molar-refractivity contribution >= 4 is 10.1 Å². The van der Waals surface area contributed by atoms with Crippen molar-refractivity contribution in [2.24, 2.45) is 0 Å². The molecule has 0 amide bonds. The zero-order chi connectivity index (χ0) is 24.9. The molecule has 1 aromatic heterocycles. The van der Waals surface area contributed by atoms with Gasteiger partial charge in [0.2, 0.25) is 5.72 Å². The van der Waals surface area contributed by atoms with E-state index in [-0.39, 0.29) is 12.2 Å². The van der Waals surface area contributed by atoms with Crippen molar-refractivity contribution in [3.05, 3.63) is 62.4 Å². The summed E-state index contributed by atoms with van der Waals surface area (Å²) in [5.74, 6) is -0.454. The molecule has 3 heterocycles. The summed E-state index contributed by atoms with van der Waals surface area (Å²) in [4.78, 5) is 27.1. The normalized spacial score (nSPS) is 28.1. The summed E-state index contributed by atoms with van der Waals surface area (Å²) in [6.07, 6.45) is -0.235. The molecule has 0 unspecified atom stereocenters. The van der Waals surface area contributed by atoms with E-state index in [9.17, 15) is 18.0 Å². The van der Waals surface area contributed by atoms with Crippen molar-refractivity contribution < 1.29 is 31.5 Å². The molecule has 0 radical (unpaired) electrons. The number of ether oxygens (including phenoxy) is 4. The van der Waals surface area contributed by atoms with E-state index in [0.717, 1.165) is 16.4 Å². The first-order chi connectivity index (χ1) is 15.8. The van der Waals surface area contributed by atoms with Crippen LogP contribution in [-0.2, 0) is 34.2 Å². The van der Waals surface area contributed by atoms with Crippen LogP contribution in [0.4, 0.5) is 0 Å². The Labute approximate surface area is 196 Å². The summed E-state index contributed by atoms with van der Waals surface area (Å²) >= 11 is 0. The molecule has 0 aliphatic carbocycles.